The maximum absolute atomic E-state index is 13.4. The number of amides is 2. The number of hydrogen-bond donors (Lipinski definition) is 1. The number of anilines is 1. The molecule has 7 nitrogen and oxygen atoms in total. The van der Waals surface area contributed by atoms with E-state index in [1.54, 1.807) is 24.1 Å². The largest absolute Gasteiger partial charge is 0.497 e. The number of benzene rings is 3. The van der Waals surface area contributed by atoms with E-state index in [-0.39, 0.29) is 42.4 Å². The van der Waals surface area contributed by atoms with Crippen molar-refractivity contribution in [1.82, 2.24) is 15.1 Å². The molecule has 0 aliphatic carbocycles. The Balaban J connectivity index is 1.41. The van der Waals surface area contributed by atoms with Gasteiger partial charge in [-0.05, 0) is 42.3 Å². The standard InChI is InChI=1S/C29H27F3N4O3S/c1-19(21-6-4-3-5-7-21)36(26(38)18-20-8-14-24(39-2)15-9-20)17-16-25(37)33-28-35-34-27(40-28)22-10-12-23(13-11-22)29(30,31)32/h3-15,19H,16-18H2,1-2H3,(H,33,35,37)/t19-/m1/s1. The van der Waals surface area contributed by atoms with Crippen LogP contribution in [-0.4, -0.2) is 40.6 Å². The summed E-state index contributed by atoms with van der Waals surface area (Å²) in [5.41, 5.74) is 1.46. The second kappa shape index (κ2) is 12.7. The number of carbonyl (C=O) groups excluding carboxylic acids is 2. The fourth-order valence-corrected chi connectivity index (χ4v) is 4.83. The number of rotatable bonds is 10. The number of nitrogens with one attached hydrogen (secondary N) is 1. The van der Waals surface area contributed by atoms with E-state index in [2.05, 4.69) is 15.5 Å². The predicted molar refractivity (Wildman–Crippen MR) is 147 cm³/mol. The van der Waals surface area contributed by atoms with Crippen LogP contribution < -0.4 is 10.1 Å². The van der Waals surface area contributed by atoms with Gasteiger partial charge in [-0.3, -0.25) is 9.59 Å². The van der Waals surface area contributed by atoms with Crippen LogP contribution in [0, 0.1) is 0 Å². The number of methoxy groups -OCH3 is 1. The highest BCUT2D eigenvalue weighted by atomic mass is 32.1. The molecule has 40 heavy (non-hydrogen) atoms. The third-order valence-corrected chi connectivity index (χ3v) is 7.18. The van der Waals surface area contributed by atoms with Crippen LogP contribution in [0.1, 0.15) is 36.1 Å². The van der Waals surface area contributed by atoms with Gasteiger partial charge in [-0.25, -0.2) is 0 Å². The molecule has 0 saturated heterocycles. The lowest BCUT2D eigenvalue weighted by Crippen LogP contribution is -2.37. The fraction of sp³-hybridized carbons (Fsp3) is 0.241. The first kappa shape index (κ1) is 28.8. The van der Waals surface area contributed by atoms with Gasteiger partial charge in [0.05, 0.1) is 25.1 Å². The quantitative estimate of drug-likeness (QED) is 0.240. The van der Waals surface area contributed by atoms with Crippen molar-refractivity contribution in [2.24, 2.45) is 0 Å². The number of carbonyl (C=O) groups is 2. The van der Waals surface area contributed by atoms with Gasteiger partial charge in [0.2, 0.25) is 16.9 Å². The third-order valence-electron chi connectivity index (χ3n) is 6.29. The Hall–Kier alpha value is -4.25. The van der Waals surface area contributed by atoms with E-state index >= 15 is 0 Å². The summed E-state index contributed by atoms with van der Waals surface area (Å²) in [6, 6.07) is 21.1. The lowest BCUT2D eigenvalue weighted by atomic mass is 10.0. The van der Waals surface area contributed by atoms with Crippen molar-refractivity contribution >= 4 is 28.3 Å². The SMILES string of the molecule is COc1ccc(CC(=O)N(CCC(=O)Nc2nnc(-c3ccc(C(F)(F)F)cc3)s2)[C@H](C)c2ccccc2)cc1. The van der Waals surface area contributed by atoms with Crippen molar-refractivity contribution in [2.75, 3.05) is 19.0 Å². The molecular weight excluding hydrogens is 541 g/mol. The molecule has 3 aromatic carbocycles. The van der Waals surface area contributed by atoms with Crippen LogP contribution in [0.25, 0.3) is 10.6 Å². The zero-order valence-electron chi connectivity index (χ0n) is 21.8. The molecule has 1 N–H and O–H groups in total. The van der Waals surface area contributed by atoms with Crippen molar-refractivity contribution < 1.29 is 27.5 Å². The number of ether oxygens (including phenoxy) is 1. The zero-order chi connectivity index (χ0) is 28.7. The molecule has 4 rings (SSSR count). The summed E-state index contributed by atoms with van der Waals surface area (Å²) in [4.78, 5) is 27.8. The highest BCUT2D eigenvalue weighted by Crippen LogP contribution is 2.32. The minimum Gasteiger partial charge on any atom is -0.497 e. The summed E-state index contributed by atoms with van der Waals surface area (Å²) in [5, 5.41) is 11.2. The van der Waals surface area contributed by atoms with Crippen LogP contribution in [-0.2, 0) is 22.2 Å². The minimum absolute atomic E-state index is 0.0146. The highest BCUT2D eigenvalue weighted by Gasteiger charge is 2.30. The summed E-state index contributed by atoms with van der Waals surface area (Å²) >= 11 is 1.05. The molecule has 0 fully saturated rings. The summed E-state index contributed by atoms with van der Waals surface area (Å²) < 4.78 is 43.7. The number of nitrogens with zero attached hydrogens (tertiary/aromatic N) is 3. The average Bonchev–Trinajstić information content (AvgIpc) is 3.42. The van der Waals surface area contributed by atoms with E-state index in [0.717, 1.165) is 34.6 Å². The van der Waals surface area contributed by atoms with Gasteiger partial charge >= 0.3 is 6.18 Å². The number of hydrogen-bond acceptors (Lipinski definition) is 6. The Labute approximate surface area is 233 Å². The summed E-state index contributed by atoms with van der Waals surface area (Å²) in [6.45, 7) is 2.09. The number of aromatic nitrogens is 2. The predicted octanol–water partition coefficient (Wildman–Crippen LogP) is 6.39. The number of alkyl halides is 3. The molecule has 4 aromatic rings. The molecule has 0 aliphatic rings. The van der Waals surface area contributed by atoms with Gasteiger partial charge in [0.1, 0.15) is 10.8 Å². The summed E-state index contributed by atoms with van der Waals surface area (Å²) in [7, 11) is 1.58. The molecule has 0 spiro atoms. The van der Waals surface area contributed by atoms with E-state index < -0.39 is 11.7 Å². The molecule has 208 valence electrons. The first-order valence-electron chi connectivity index (χ1n) is 12.4. The smallest absolute Gasteiger partial charge is 0.416 e. The normalized spacial score (nSPS) is 12.0. The lowest BCUT2D eigenvalue weighted by Gasteiger charge is -2.30. The van der Waals surface area contributed by atoms with Gasteiger partial charge < -0.3 is 15.0 Å². The van der Waals surface area contributed by atoms with E-state index in [4.69, 9.17) is 4.74 Å². The van der Waals surface area contributed by atoms with Crippen molar-refractivity contribution in [2.45, 2.75) is 32.0 Å². The van der Waals surface area contributed by atoms with E-state index in [0.29, 0.717) is 16.3 Å². The number of halogens is 3. The Kier molecular flexibility index (Phi) is 9.15. The molecule has 0 bridgehead atoms. The second-order valence-electron chi connectivity index (χ2n) is 8.98. The van der Waals surface area contributed by atoms with Crippen LogP contribution >= 0.6 is 11.3 Å². The van der Waals surface area contributed by atoms with Crippen LogP contribution in [0.4, 0.5) is 18.3 Å². The first-order chi connectivity index (χ1) is 19.1. The van der Waals surface area contributed by atoms with Gasteiger partial charge in [-0.1, -0.05) is 65.9 Å². The minimum atomic E-state index is -4.43. The Bertz CT molecular complexity index is 1430. The Morgan fingerprint density at radius 3 is 2.27 bits per heavy atom. The van der Waals surface area contributed by atoms with E-state index in [1.165, 1.54) is 12.1 Å². The van der Waals surface area contributed by atoms with Crippen LogP contribution in [0.3, 0.4) is 0 Å². The molecular formula is C29H27F3N4O3S. The molecule has 1 heterocycles. The fourth-order valence-electron chi connectivity index (χ4n) is 4.06. The lowest BCUT2D eigenvalue weighted by molar-refractivity contribution is -0.137. The summed E-state index contributed by atoms with van der Waals surface area (Å²) in [5.74, 6) is 0.202. The molecule has 0 unspecified atom stereocenters. The Morgan fingerprint density at radius 1 is 0.975 bits per heavy atom. The molecule has 1 atom stereocenters. The van der Waals surface area contributed by atoms with Gasteiger partial charge in [0.25, 0.3) is 0 Å². The van der Waals surface area contributed by atoms with E-state index in [1.807, 2.05) is 49.4 Å². The van der Waals surface area contributed by atoms with Gasteiger partial charge in [0, 0.05) is 18.5 Å². The van der Waals surface area contributed by atoms with Crippen molar-refractivity contribution in [3.8, 4) is 16.3 Å². The topological polar surface area (TPSA) is 84.4 Å². The van der Waals surface area contributed by atoms with Gasteiger partial charge in [-0.2, -0.15) is 13.2 Å². The maximum Gasteiger partial charge on any atom is 0.416 e. The average molecular weight is 569 g/mol. The van der Waals surface area contributed by atoms with Crippen molar-refractivity contribution in [1.29, 1.82) is 0 Å². The molecule has 2 amide bonds. The van der Waals surface area contributed by atoms with Gasteiger partial charge in [-0.15, -0.1) is 10.2 Å². The third kappa shape index (κ3) is 7.44. The summed E-state index contributed by atoms with van der Waals surface area (Å²) in [6.07, 6.45) is -4.25. The van der Waals surface area contributed by atoms with E-state index in [9.17, 15) is 22.8 Å². The molecule has 1 aromatic heterocycles. The molecule has 0 radical (unpaired) electrons. The van der Waals surface area contributed by atoms with Crippen LogP contribution in [0.15, 0.2) is 78.9 Å². The van der Waals surface area contributed by atoms with Gasteiger partial charge in [0.15, 0.2) is 0 Å². The highest BCUT2D eigenvalue weighted by molar-refractivity contribution is 7.18. The molecule has 0 saturated carbocycles. The van der Waals surface area contributed by atoms with Crippen LogP contribution in [0.5, 0.6) is 5.75 Å². The molecule has 11 heteroatoms. The van der Waals surface area contributed by atoms with Crippen molar-refractivity contribution in [3.63, 3.8) is 0 Å². The molecule has 0 aliphatic heterocycles. The second-order valence-corrected chi connectivity index (χ2v) is 9.96. The van der Waals surface area contributed by atoms with Crippen LogP contribution in [0.2, 0.25) is 0 Å². The van der Waals surface area contributed by atoms with Crippen molar-refractivity contribution in [3.05, 3.63) is 95.6 Å². The zero-order valence-corrected chi connectivity index (χ0v) is 22.6. The Morgan fingerprint density at radius 2 is 1.65 bits per heavy atom. The first-order valence-corrected chi connectivity index (χ1v) is 13.2. The maximum atomic E-state index is 13.4. The monoisotopic (exact) mass is 568 g/mol.